The summed E-state index contributed by atoms with van der Waals surface area (Å²) in [5.74, 6) is -0.269. The maximum atomic E-state index is 14.0. The van der Waals surface area contributed by atoms with Gasteiger partial charge in [-0.05, 0) is 17.7 Å². The number of fused-ring (bicyclic) bond motifs is 3. The molecule has 0 bridgehead atoms. The zero-order valence-corrected chi connectivity index (χ0v) is 12.1. The Bertz CT molecular complexity index is 1040. The van der Waals surface area contributed by atoms with Crippen molar-refractivity contribution in [3.8, 4) is 11.3 Å². The molecule has 0 fully saturated rings. The Kier molecular flexibility index (Phi) is 2.99. The Morgan fingerprint density at radius 1 is 1.09 bits per heavy atom. The van der Waals surface area contributed by atoms with Gasteiger partial charge >= 0.3 is 0 Å². The molecular formula is C17H13FN4O. The highest BCUT2D eigenvalue weighted by atomic mass is 19.1. The maximum Gasteiger partial charge on any atom is 0.206 e. The Hall–Kier alpha value is -2.99. The van der Waals surface area contributed by atoms with Gasteiger partial charge in [0.25, 0.3) is 0 Å². The fourth-order valence-corrected chi connectivity index (χ4v) is 2.76. The van der Waals surface area contributed by atoms with E-state index in [4.69, 9.17) is 5.73 Å². The van der Waals surface area contributed by atoms with Crippen molar-refractivity contribution in [2.45, 2.75) is 6.61 Å². The van der Waals surface area contributed by atoms with Gasteiger partial charge in [0.05, 0.1) is 12.3 Å². The molecule has 0 amide bonds. The molecule has 0 spiro atoms. The van der Waals surface area contributed by atoms with E-state index in [1.54, 1.807) is 22.7 Å². The van der Waals surface area contributed by atoms with Crippen molar-refractivity contribution >= 4 is 22.5 Å². The maximum absolute atomic E-state index is 14.0. The number of hydrogen-bond acceptors (Lipinski definition) is 4. The Labute approximate surface area is 130 Å². The minimum atomic E-state index is -0.433. The van der Waals surface area contributed by atoms with E-state index in [0.29, 0.717) is 16.7 Å². The molecule has 4 aromatic rings. The molecule has 2 aromatic heterocycles. The van der Waals surface area contributed by atoms with E-state index in [0.717, 1.165) is 11.1 Å². The lowest BCUT2D eigenvalue weighted by Gasteiger charge is -2.03. The van der Waals surface area contributed by atoms with Gasteiger partial charge in [-0.2, -0.15) is 0 Å². The minimum Gasteiger partial charge on any atom is -0.392 e. The van der Waals surface area contributed by atoms with Gasteiger partial charge in [0.2, 0.25) is 5.95 Å². The van der Waals surface area contributed by atoms with Crippen LogP contribution in [-0.4, -0.2) is 19.5 Å². The molecule has 2 heterocycles. The molecule has 3 N–H and O–H groups in total. The van der Waals surface area contributed by atoms with Gasteiger partial charge in [-0.15, -0.1) is 0 Å². The molecule has 23 heavy (non-hydrogen) atoms. The Morgan fingerprint density at radius 2 is 1.91 bits per heavy atom. The average molecular weight is 308 g/mol. The monoisotopic (exact) mass is 308 g/mol. The van der Waals surface area contributed by atoms with Crippen LogP contribution in [0.3, 0.4) is 0 Å². The van der Waals surface area contributed by atoms with Gasteiger partial charge in [-0.3, -0.25) is 4.40 Å². The van der Waals surface area contributed by atoms with Crippen molar-refractivity contribution in [1.29, 1.82) is 0 Å². The largest absolute Gasteiger partial charge is 0.392 e. The Balaban J connectivity index is 2.07. The molecule has 0 aliphatic carbocycles. The third kappa shape index (κ3) is 2.03. The van der Waals surface area contributed by atoms with Gasteiger partial charge in [0, 0.05) is 17.1 Å². The van der Waals surface area contributed by atoms with E-state index in [1.807, 2.05) is 24.3 Å². The fraction of sp³-hybridized carbons (Fsp3) is 0.0588. The number of halogens is 1. The number of hydrogen-bond donors (Lipinski definition) is 2. The molecular weight excluding hydrogens is 295 g/mol. The van der Waals surface area contributed by atoms with Gasteiger partial charge in [-0.1, -0.05) is 30.3 Å². The van der Waals surface area contributed by atoms with Gasteiger partial charge in [0.15, 0.2) is 0 Å². The third-order valence-corrected chi connectivity index (χ3v) is 3.87. The highest BCUT2D eigenvalue weighted by molar-refractivity contribution is 5.93. The summed E-state index contributed by atoms with van der Waals surface area (Å²) < 4.78 is 15.6. The summed E-state index contributed by atoms with van der Waals surface area (Å²) in [6.45, 7) is -0.0901. The van der Waals surface area contributed by atoms with Crippen molar-refractivity contribution in [2.75, 3.05) is 5.73 Å². The predicted molar refractivity (Wildman–Crippen MR) is 86.2 cm³/mol. The Morgan fingerprint density at radius 3 is 2.74 bits per heavy atom. The minimum absolute atomic E-state index is 0.0901. The first-order valence-electron chi connectivity index (χ1n) is 7.11. The molecule has 0 atom stereocenters. The SMILES string of the molecule is Nc1nc2c(F)cccc2c2nc(-c3ccccc3CO)cn12. The zero-order chi connectivity index (χ0) is 16.0. The molecule has 6 heteroatoms. The zero-order valence-electron chi connectivity index (χ0n) is 12.1. The number of para-hydroxylation sites is 1. The predicted octanol–water partition coefficient (Wildman–Crippen LogP) is 2.76. The number of nitrogens with zero attached hydrogens (tertiary/aromatic N) is 3. The topological polar surface area (TPSA) is 76.4 Å². The lowest BCUT2D eigenvalue weighted by molar-refractivity contribution is 0.282. The molecule has 0 saturated carbocycles. The molecule has 5 nitrogen and oxygen atoms in total. The van der Waals surface area contributed by atoms with E-state index >= 15 is 0 Å². The number of nitrogens with two attached hydrogens (primary N) is 1. The summed E-state index contributed by atoms with van der Waals surface area (Å²) in [6.07, 6.45) is 1.75. The number of nitrogen functional groups attached to an aromatic ring is 1. The van der Waals surface area contributed by atoms with Crippen LogP contribution in [0.5, 0.6) is 0 Å². The second kappa shape index (κ2) is 5.03. The fourth-order valence-electron chi connectivity index (χ4n) is 2.76. The standard InChI is InChI=1S/C17H13FN4O/c18-13-7-3-6-12-15(13)21-17(19)22-8-14(20-16(12)22)11-5-2-1-4-10(11)9-23/h1-8,23H,9H2,(H2,19,21). The number of aliphatic hydroxyl groups is 1. The first-order valence-corrected chi connectivity index (χ1v) is 7.11. The van der Waals surface area contributed by atoms with Crippen LogP contribution < -0.4 is 5.73 Å². The number of aromatic nitrogens is 3. The summed E-state index contributed by atoms with van der Waals surface area (Å²) >= 11 is 0. The number of imidazole rings is 1. The van der Waals surface area contributed by atoms with Gasteiger partial charge < -0.3 is 10.8 Å². The summed E-state index contributed by atoms with van der Waals surface area (Å²) in [5, 5.41) is 10.1. The molecule has 0 aliphatic rings. The van der Waals surface area contributed by atoms with Crippen LogP contribution >= 0.6 is 0 Å². The molecule has 4 rings (SSSR count). The quantitative estimate of drug-likeness (QED) is 0.597. The molecule has 0 radical (unpaired) electrons. The van der Waals surface area contributed by atoms with Crippen LogP contribution in [0.4, 0.5) is 10.3 Å². The average Bonchev–Trinajstić information content (AvgIpc) is 3.02. The summed E-state index contributed by atoms with van der Waals surface area (Å²) in [6, 6.07) is 12.2. The van der Waals surface area contributed by atoms with Crippen molar-refractivity contribution in [1.82, 2.24) is 14.4 Å². The van der Waals surface area contributed by atoms with Crippen molar-refractivity contribution in [3.63, 3.8) is 0 Å². The van der Waals surface area contributed by atoms with Crippen LogP contribution in [0.2, 0.25) is 0 Å². The molecule has 0 aliphatic heterocycles. The van der Waals surface area contributed by atoms with E-state index in [9.17, 15) is 9.50 Å². The summed E-state index contributed by atoms with van der Waals surface area (Å²) in [4.78, 5) is 8.72. The molecule has 114 valence electrons. The number of benzene rings is 2. The first kappa shape index (κ1) is 13.7. The van der Waals surface area contributed by atoms with Crippen LogP contribution in [-0.2, 0) is 6.61 Å². The van der Waals surface area contributed by atoms with Crippen LogP contribution in [0.15, 0.2) is 48.7 Å². The summed E-state index contributed by atoms with van der Waals surface area (Å²) in [7, 11) is 0. The second-order valence-electron chi connectivity index (χ2n) is 5.24. The van der Waals surface area contributed by atoms with Crippen LogP contribution in [0, 0.1) is 5.82 Å². The van der Waals surface area contributed by atoms with E-state index in [-0.39, 0.29) is 18.1 Å². The third-order valence-electron chi connectivity index (χ3n) is 3.87. The van der Waals surface area contributed by atoms with E-state index in [1.165, 1.54) is 6.07 Å². The normalized spacial score (nSPS) is 11.4. The molecule has 0 saturated heterocycles. The van der Waals surface area contributed by atoms with Crippen molar-refractivity contribution < 1.29 is 9.50 Å². The first-order chi connectivity index (χ1) is 11.2. The second-order valence-corrected chi connectivity index (χ2v) is 5.24. The number of aliphatic hydroxyl groups excluding tert-OH is 1. The van der Waals surface area contributed by atoms with Gasteiger partial charge in [0.1, 0.15) is 17.0 Å². The van der Waals surface area contributed by atoms with Crippen molar-refractivity contribution in [3.05, 3.63) is 60.0 Å². The lowest BCUT2D eigenvalue weighted by Crippen LogP contribution is -2.01. The lowest BCUT2D eigenvalue weighted by atomic mass is 10.1. The van der Waals surface area contributed by atoms with Crippen LogP contribution in [0.1, 0.15) is 5.56 Å². The van der Waals surface area contributed by atoms with Crippen LogP contribution in [0.25, 0.3) is 27.8 Å². The highest BCUT2D eigenvalue weighted by Crippen LogP contribution is 2.28. The van der Waals surface area contributed by atoms with E-state index < -0.39 is 5.82 Å². The van der Waals surface area contributed by atoms with E-state index in [2.05, 4.69) is 9.97 Å². The molecule has 0 unspecified atom stereocenters. The number of rotatable bonds is 2. The van der Waals surface area contributed by atoms with Crippen molar-refractivity contribution in [2.24, 2.45) is 0 Å². The van der Waals surface area contributed by atoms with Gasteiger partial charge in [-0.25, -0.2) is 14.4 Å². The summed E-state index contributed by atoms with van der Waals surface area (Å²) in [5.41, 5.74) is 8.91. The smallest absolute Gasteiger partial charge is 0.206 e. The number of anilines is 1. The molecule has 2 aromatic carbocycles. The highest BCUT2D eigenvalue weighted by Gasteiger charge is 2.14.